The van der Waals surface area contributed by atoms with Crippen LogP contribution in [0.25, 0.3) is 33.4 Å². The lowest BCUT2D eigenvalue weighted by atomic mass is 9.89. The predicted molar refractivity (Wildman–Crippen MR) is 106 cm³/mol. The smallest absolute Gasteiger partial charge is 0.269 e. The lowest BCUT2D eigenvalue weighted by molar-refractivity contribution is 0.0923. The molecule has 1 amide bonds. The third-order valence-electron chi connectivity index (χ3n) is 5.65. The highest BCUT2D eigenvalue weighted by atomic mass is 16.2. The molecule has 28 heavy (non-hydrogen) atoms. The van der Waals surface area contributed by atoms with Gasteiger partial charge in [-0.15, -0.1) is 0 Å². The largest absolute Gasteiger partial charge is 0.349 e. The molecular weight excluding hydrogens is 350 g/mol. The van der Waals surface area contributed by atoms with Gasteiger partial charge in [-0.2, -0.15) is 5.10 Å². The standard InChI is InChI=1S/C22H17N5O/c28-22-21-16-6-5-14-11-25-19(10-17(14)20(16)26-27(21)8-7-23-22)15-9-13-3-1-2-4-18(13)24-12-15/h1-4,9-12H,5-8H2,(H,23,28). The number of benzene rings is 1. The summed E-state index contributed by atoms with van der Waals surface area (Å²) in [5.74, 6) is -0.0172. The minimum atomic E-state index is -0.0172. The molecule has 0 atom stereocenters. The van der Waals surface area contributed by atoms with Crippen molar-refractivity contribution in [2.75, 3.05) is 6.54 Å². The van der Waals surface area contributed by atoms with Crippen molar-refractivity contribution in [3.8, 4) is 22.5 Å². The minimum absolute atomic E-state index is 0.0172. The van der Waals surface area contributed by atoms with E-state index >= 15 is 0 Å². The second-order valence-corrected chi connectivity index (χ2v) is 7.30. The van der Waals surface area contributed by atoms with E-state index in [9.17, 15) is 4.79 Å². The Morgan fingerprint density at radius 2 is 1.96 bits per heavy atom. The molecule has 136 valence electrons. The van der Waals surface area contributed by atoms with Crippen molar-refractivity contribution >= 4 is 16.8 Å². The molecule has 0 radical (unpaired) electrons. The number of para-hydroxylation sites is 1. The molecule has 6 rings (SSSR count). The van der Waals surface area contributed by atoms with Crippen LogP contribution >= 0.6 is 0 Å². The van der Waals surface area contributed by atoms with E-state index in [0.717, 1.165) is 64.1 Å². The summed E-state index contributed by atoms with van der Waals surface area (Å²) < 4.78 is 1.86. The SMILES string of the molecule is O=C1NCCn2nc3c(c21)CCc1cnc(-c2cnc4ccccc4c2)cc1-3. The first-order chi connectivity index (χ1) is 13.8. The highest BCUT2D eigenvalue weighted by Gasteiger charge is 2.30. The molecule has 6 heteroatoms. The van der Waals surface area contributed by atoms with Crippen molar-refractivity contribution in [3.63, 3.8) is 0 Å². The first-order valence-corrected chi connectivity index (χ1v) is 9.50. The van der Waals surface area contributed by atoms with Crippen molar-refractivity contribution in [2.45, 2.75) is 19.4 Å². The molecule has 0 fully saturated rings. The molecule has 3 aromatic heterocycles. The normalized spacial score (nSPS) is 14.9. The number of aromatic nitrogens is 4. The van der Waals surface area contributed by atoms with Crippen LogP contribution in [0.2, 0.25) is 0 Å². The number of hydrogen-bond donors (Lipinski definition) is 1. The van der Waals surface area contributed by atoms with Crippen LogP contribution in [0, 0.1) is 0 Å². The Labute approximate surface area is 161 Å². The maximum atomic E-state index is 12.4. The summed E-state index contributed by atoms with van der Waals surface area (Å²) in [7, 11) is 0. The molecule has 1 aromatic carbocycles. The first-order valence-electron chi connectivity index (χ1n) is 9.50. The third-order valence-corrected chi connectivity index (χ3v) is 5.65. The van der Waals surface area contributed by atoms with Gasteiger partial charge in [-0.3, -0.25) is 19.4 Å². The van der Waals surface area contributed by atoms with E-state index in [-0.39, 0.29) is 5.91 Å². The third kappa shape index (κ3) is 2.21. The average molecular weight is 367 g/mol. The number of hydrogen-bond acceptors (Lipinski definition) is 4. The summed E-state index contributed by atoms with van der Waals surface area (Å²) in [5, 5.41) is 8.80. The Morgan fingerprint density at radius 1 is 1.04 bits per heavy atom. The molecule has 6 nitrogen and oxygen atoms in total. The van der Waals surface area contributed by atoms with Crippen molar-refractivity contribution in [1.29, 1.82) is 0 Å². The fourth-order valence-electron chi connectivity index (χ4n) is 4.26. The topological polar surface area (TPSA) is 72.7 Å². The molecule has 4 aromatic rings. The number of carbonyl (C=O) groups excluding carboxylic acids is 1. The number of nitrogens with one attached hydrogen (secondary N) is 1. The Morgan fingerprint density at radius 3 is 2.93 bits per heavy atom. The summed E-state index contributed by atoms with van der Waals surface area (Å²) >= 11 is 0. The number of fused-ring (bicyclic) bond motifs is 6. The van der Waals surface area contributed by atoms with Gasteiger partial charge in [0.1, 0.15) is 5.69 Å². The molecule has 0 spiro atoms. The zero-order valence-electron chi connectivity index (χ0n) is 15.1. The highest BCUT2D eigenvalue weighted by Crippen LogP contribution is 2.36. The lowest BCUT2D eigenvalue weighted by Crippen LogP contribution is -2.36. The quantitative estimate of drug-likeness (QED) is 0.561. The summed E-state index contributed by atoms with van der Waals surface area (Å²) in [6.45, 7) is 1.35. The van der Waals surface area contributed by atoms with Crippen molar-refractivity contribution < 1.29 is 4.79 Å². The lowest BCUT2D eigenvalue weighted by Gasteiger charge is -2.18. The molecule has 0 saturated heterocycles. The second-order valence-electron chi connectivity index (χ2n) is 7.30. The fraction of sp³-hybridized carbons (Fsp3) is 0.182. The van der Waals surface area contributed by atoms with Crippen LogP contribution in [0.5, 0.6) is 0 Å². The van der Waals surface area contributed by atoms with E-state index < -0.39 is 0 Å². The van der Waals surface area contributed by atoms with Crippen LogP contribution < -0.4 is 5.32 Å². The second kappa shape index (κ2) is 5.73. The maximum absolute atomic E-state index is 12.4. The Kier molecular flexibility index (Phi) is 3.17. The summed E-state index contributed by atoms with van der Waals surface area (Å²) in [6.07, 6.45) is 5.51. The van der Waals surface area contributed by atoms with E-state index in [4.69, 9.17) is 5.10 Å². The van der Waals surface area contributed by atoms with Gasteiger partial charge in [0.05, 0.1) is 23.4 Å². The fourth-order valence-corrected chi connectivity index (χ4v) is 4.26. The summed E-state index contributed by atoms with van der Waals surface area (Å²) in [5.41, 5.74) is 7.78. The number of rotatable bonds is 1. The van der Waals surface area contributed by atoms with Crippen LogP contribution in [0.3, 0.4) is 0 Å². The van der Waals surface area contributed by atoms with Gasteiger partial charge < -0.3 is 5.32 Å². The van der Waals surface area contributed by atoms with Gasteiger partial charge in [0.2, 0.25) is 0 Å². The zero-order chi connectivity index (χ0) is 18.7. The van der Waals surface area contributed by atoms with E-state index in [2.05, 4.69) is 33.5 Å². The molecule has 0 saturated carbocycles. The van der Waals surface area contributed by atoms with E-state index in [1.807, 2.05) is 35.3 Å². The zero-order valence-corrected chi connectivity index (χ0v) is 15.1. The van der Waals surface area contributed by atoms with E-state index in [1.165, 1.54) is 5.56 Å². The van der Waals surface area contributed by atoms with Gasteiger partial charge in [0.15, 0.2) is 0 Å². The molecule has 1 aliphatic heterocycles. The van der Waals surface area contributed by atoms with Crippen molar-refractivity contribution in [3.05, 3.63) is 65.6 Å². The van der Waals surface area contributed by atoms with E-state index in [0.29, 0.717) is 6.54 Å². The molecule has 1 N–H and O–H groups in total. The van der Waals surface area contributed by atoms with Crippen molar-refractivity contribution in [2.24, 2.45) is 0 Å². The Hall–Kier alpha value is -3.54. The van der Waals surface area contributed by atoms with Crippen LogP contribution in [-0.4, -0.2) is 32.2 Å². The predicted octanol–water partition coefficient (Wildman–Crippen LogP) is 3.00. The maximum Gasteiger partial charge on any atom is 0.269 e. The Bertz CT molecular complexity index is 1270. The molecule has 0 unspecified atom stereocenters. The first kappa shape index (κ1) is 15.5. The average Bonchev–Trinajstić information content (AvgIpc) is 3.13. The van der Waals surface area contributed by atoms with Crippen LogP contribution in [0.1, 0.15) is 21.6 Å². The number of aryl methyl sites for hydroxylation is 1. The molecule has 4 heterocycles. The Balaban J connectivity index is 1.51. The van der Waals surface area contributed by atoms with Gasteiger partial charge in [0.25, 0.3) is 5.91 Å². The molecule has 2 aliphatic rings. The molecular formula is C22H17N5O. The van der Waals surface area contributed by atoms with E-state index in [1.54, 1.807) is 0 Å². The van der Waals surface area contributed by atoms with Crippen molar-refractivity contribution in [1.82, 2.24) is 25.1 Å². The molecule has 1 aliphatic carbocycles. The van der Waals surface area contributed by atoms with Gasteiger partial charge in [-0.05, 0) is 36.6 Å². The van der Waals surface area contributed by atoms with Gasteiger partial charge in [0, 0.05) is 41.0 Å². The number of pyridine rings is 2. The summed E-state index contributed by atoms with van der Waals surface area (Å²) in [6, 6.07) is 12.3. The van der Waals surface area contributed by atoms with Gasteiger partial charge >= 0.3 is 0 Å². The van der Waals surface area contributed by atoms with Gasteiger partial charge in [-0.1, -0.05) is 18.2 Å². The highest BCUT2D eigenvalue weighted by molar-refractivity contribution is 5.97. The van der Waals surface area contributed by atoms with Gasteiger partial charge in [-0.25, -0.2) is 0 Å². The van der Waals surface area contributed by atoms with Crippen LogP contribution in [-0.2, 0) is 19.4 Å². The van der Waals surface area contributed by atoms with Crippen LogP contribution in [0.15, 0.2) is 48.8 Å². The number of amides is 1. The van der Waals surface area contributed by atoms with Crippen LogP contribution in [0.4, 0.5) is 0 Å². The minimum Gasteiger partial charge on any atom is -0.349 e. The number of carbonyl (C=O) groups is 1. The summed E-state index contributed by atoms with van der Waals surface area (Å²) in [4.78, 5) is 21.6. The molecule has 0 bridgehead atoms. The number of nitrogens with zero attached hydrogens (tertiary/aromatic N) is 4. The monoisotopic (exact) mass is 367 g/mol.